The number of benzene rings is 2. The van der Waals surface area contributed by atoms with Crippen LogP contribution in [0.1, 0.15) is 28.4 Å². The van der Waals surface area contributed by atoms with E-state index in [1.54, 1.807) is 38.2 Å². The summed E-state index contributed by atoms with van der Waals surface area (Å²) in [5.41, 5.74) is 1.64. The third kappa shape index (κ3) is 4.92. The summed E-state index contributed by atoms with van der Waals surface area (Å²) in [6.07, 6.45) is 0.0940. The Morgan fingerprint density at radius 3 is 2.27 bits per heavy atom. The van der Waals surface area contributed by atoms with Crippen molar-refractivity contribution in [3.05, 3.63) is 65.2 Å². The van der Waals surface area contributed by atoms with Gasteiger partial charge < -0.3 is 10.0 Å². The second kappa shape index (κ2) is 8.14. The fourth-order valence-electron chi connectivity index (χ4n) is 2.44. The number of aromatic carboxylic acids is 1. The molecule has 0 radical (unpaired) electrons. The lowest BCUT2D eigenvalue weighted by Gasteiger charge is -2.17. The molecule has 0 atom stereocenters. The van der Waals surface area contributed by atoms with E-state index in [1.807, 2.05) is 0 Å². The maximum absolute atomic E-state index is 12.4. The lowest BCUT2D eigenvalue weighted by atomic mass is 10.1. The molecule has 26 heavy (non-hydrogen) atoms. The molecule has 0 saturated heterocycles. The predicted molar refractivity (Wildman–Crippen MR) is 97.7 cm³/mol. The number of sulfone groups is 1. The first-order chi connectivity index (χ1) is 12.2. The zero-order chi connectivity index (χ0) is 19.3. The van der Waals surface area contributed by atoms with Crippen molar-refractivity contribution in [2.24, 2.45) is 0 Å². The summed E-state index contributed by atoms with van der Waals surface area (Å²) < 4.78 is 23.9. The maximum Gasteiger partial charge on any atom is 0.335 e. The smallest absolute Gasteiger partial charge is 0.335 e. The highest BCUT2D eigenvalue weighted by atomic mass is 32.2. The zero-order valence-electron chi connectivity index (χ0n) is 14.7. The van der Waals surface area contributed by atoms with Crippen LogP contribution in [0.2, 0.25) is 0 Å². The summed E-state index contributed by atoms with van der Waals surface area (Å²) in [7, 11) is -1.66. The molecule has 0 unspecified atom stereocenters. The Hall–Kier alpha value is -2.67. The second-order valence-corrected chi connectivity index (χ2v) is 8.26. The molecule has 2 aromatic carbocycles. The number of hydrogen-bond donors (Lipinski definition) is 1. The second-order valence-electron chi connectivity index (χ2n) is 5.98. The van der Waals surface area contributed by atoms with E-state index in [9.17, 15) is 18.0 Å². The fourth-order valence-corrected chi connectivity index (χ4v) is 3.39. The number of rotatable bonds is 7. The molecule has 138 valence electrons. The molecule has 0 fully saturated rings. The minimum absolute atomic E-state index is 0.0106. The first-order valence-electron chi connectivity index (χ1n) is 8.11. The molecule has 6 nitrogen and oxygen atoms in total. The van der Waals surface area contributed by atoms with Crippen molar-refractivity contribution in [3.63, 3.8) is 0 Å². The van der Waals surface area contributed by atoms with Crippen LogP contribution in [0, 0.1) is 0 Å². The molecule has 7 heteroatoms. The molecule has 2 aromatic rings. The van der Waals surface area contributed by atoms with Crippen LogP contribution in [0.15, 0.2) is 53.4 Å². The van der Waals surface area contributed by atoms with Crippen LogP contribution in [-0.4, -0.2) is 43.1 Å². The van der Waals surface area contributed by atoms with Gasteiger partial charge in [0.15, 0.2) is 9.84 Å². The normalized spacial score (nSPS) is 11.2. The largest absolute Gasteiger partial charge is 0.478 e. The summed E-state index contributed by atoms with van der Waals surface area (Å²) in [6, 6.07) is 12.7. The molecule has 0 aliphatic rings. The van der Waals surface area contributed by atoms with E-state index in [4.69, 9.17) is 5.11 Å². The number of likely N-dealkylation sites (N-methyl/N-ethyl adjacent to an activating group) is 1. The van der Waals surface area contributed by atoms with Gasteiger partial charge in [0.2, 0.25) is 5.91 Å². The minimum atomic E-state index is -3.31. The summed E-state index contributed by atoms with van der Waals surface area (Å²) in [6.45, 7) is 1.92. The number of amides is 1. The Morgan fingerprint density at radius 1 is 1.04 bits per heavy atom. The Bertz CT molecular complexity index is 904. The number of hydrogen-bond acceptors (Lipinski definition) is 4. The monoisotopic (exact) mass is 375 g/mol. The van der Waals surface area contributed by atoms with Gasteiger partial charge in [-0.25, -0.2) is 13.2 Å². The third-order valence-corrected chi connectivity index (χ3v) is 5.77. The van der Waals surface area contributed by atoms with Gasteiger partial charge in [0.1, 0.15) is 0 Å². The van der Waals surface area contributed by atoms with Crippen LogP contribution < -0.4 is 0 Å². The molecule has 2 rings (SSSR count). The quantitative estimate of drug-likeness (QED) is 0.802. The van der Waals surface area contributed by atoms with Crippen molar-refractivity contribution in [3.8, 4) is 0 Å². The van der Waals surface area contributed by atoms with E-state index < -0.39 is 15.8 Å². The molecule has 0 aliphatic carbocycles. The Morgan fingerprint density at radius 2 is 1.69 bits per heavy atom. The highest BCUT2D eigenvalue weighted by Crippen LogP contribution is 2.15. The van der Waals surface area contributed by atoms with Gasteiger partial charge in [0, 0.05) is 13.6 Å². The van der Waals surface area contributed by atoms with Crippen molar-refractivity contribution in [1.82, 2.24) is 4.90 Å². The van der Waals surface area contributed by atoms with Gasteiger partial charge in [0.05, 0.1) is 22.6 Å². The first kappa shape index (κ1) is 19.7. The number of carbonyl (C=O) groups excluding carboxylic acids is 1. The fraction of sp³-hybridized carbons (Fsp3) is 0.263. The predicted octanol–water partition coefficient (Wildman–Crippen LogP) is 2.38. The number of carbonyl (C=O) groups is 2. The maximum atomic E-state index is 12.4. The average Bonchev–Trinajstić information content (AvgIpc) is 2.62. The number of carboxylic acids is 1. The highest BCUT2D eigenvalue weighted by molar-refractivity contribution is 7.91. The van der Waals surface area contributed by atoms with Gasteiger partial charge >= 0.3 is 5.97 Å². The molecule has 0 heterocycles. The number of nitrogens with zero attached hydrogens (tertiary/aromatic N) is 1. The summed E-state index contributed by atoms with van der Waals surface area (Å²) in [4.78, 5) is 25.0. The number of carboxylic acid groups (broad SMARTS) is 1. The van der Waals surface area contributed by atoms with E-state index in [0.29, 0.717) is 12.1 Å². The van der Waals surface area contributed by atoms with E-state index in [0.717, 1.165) is 5.56 Å². The standard InChI is InChI=1S/C19H21NO5S/c1-3-26(24,25)17-6-4-5-15(11-17)12-18(21)20(2)13-14-7-9-16(10-8-14)19(22)23/h4-11H,3,12-13H2,1-2H3,(H,22,23). The summed E-state index contributed by atoms with van der Waals surface area (Å²) >= 11 is 0. The van der Waals surface area contributed by atoms with E-state index in [2.05, 4.69) is 0 Å². The van der Waals surface area contributed by atoms with Gasteiger partial charge in [-0.1, -0.05) is 31.2 Å². The molecule has 0 bridgehead atoms. The van der Waals surface area contributed by atoms with Crippen LogP contribution in [0.4, 0.5) is 0 Å². The van der Waals surface area contributed by atoms with Gasteiger partial charge in [-0.3, -0.25) is 4.79 Å². The summed E-state index contributed by atoms with van der Waals surface area (Å²) in [5.74, 6) is -1.14. The van der Waals surface area contributed by atoms with Crippen LogP contribution in [-0.2, 0) is 27.6 Å². The highest BCUT2D eigenvalue weighted by Gasteiger charge is 2.15. The molecule has 0 spiro atoms. The van der Waals surface area contributed by atoms with Gasteiger partial charge in [-0.05, 0) is 35.4 Å². The van der Waals surface area contributed by atoms with Gasteiger partial charge in [-0.15, -0.1) is 0 Å². The van der Waals surface area contributed by atoms with E-state index in [1.165, 1.54) is 29.2 Å². The van der Waals surface area contributed by atoms with E-state index in [-0.39, 0.29) is 28.5 Å². The third-order valence-electron chi connectivity index (χ3n) is 4.04. The SMILES string of the molecule is CCS(=O)(=O)c1cccc(CC(=O)N(C)Cc2ccc(C(=O)O)cc2)c1. The van der Waals surface area contributed by atoms with Gasteiger partial charge in [-0.2, -0.15) is 0 Å². The van der Waals surface area contributed by atoms with Crippen LogP contribution in [0.5, 0.6) is 0 Å². The van der Waals surface area contributed by atoms with Crippen LogP contribution >= 0.6 is 0 Å². The molecule has 0 saturated carbocycles. The first-order valence-corrected chi connectivity index (χ1v) is 9.76. The van der Waals surface area contributed by atoms with E-state index >= 15 is 0 Å². The Balaban J connectivity index is 2.05. The Kier molecular flexibility index (Phi) is 6.15. The molecular weight excluding hydrogens is 354 g/mol. The lowest BCUT2D eigenvalue weighted by molar-refractivity contribution is -0.129. The molecule has 0 aromatic heterocycles. The zero-order valence-corrected chi connectivity index (χ0v) is 15.5. The van der Waals surface area contributed by atoms with Crippen LogP contribution in [0.25, 0.3) is 0 Å². The summed E-state index contributed by atoms with van der Waals surface area (Å²) in [5, 5.41) is 8.90. The Labute approximate surface area is 153 Å². The molecule has 1 amide bonds. The van der Waals surface area contributed by atoms with Gasteiger partial charge in [0.25, 0.3) is 0 Å². The minimum Gasteiger partial charge on any atom is -0.478 e. The average molecular weight is 375 g/mol. The van der Waals surface area contributed by atoms with Crippen molar-refractivity contribution in [1.29, 1.82) is 0 Å². The topological polar surface area (TPSA) is 91.8 Å². The van der Waals surface area contributed by atoms with Crippen LogP contribution in [0.3, 0.4) is 0 Å². The molecule has 0 aliphatic heterocycles. The van der Waals surface area contributed by atoms with Crippen molar-refractivity contribution < 1.29 is 23.1 Å². The molecule has 1 N–H and O–H groups in total. The van der Waals surface area contributed by atoms with Crippen molar-refractivity contribution in [2.75, 3.05) is 12.8 Å². The van der Waals surface area contributed by atoms with Crippen molar-refractivity contribution in [2.45, 2.75) is 24.8 Å². The lowest BCUT2D eigenvalue weighted by Crippen LogP contribution is -2.27. The van der Waals surface area contributed by atoms with Crippen molar-refractivity contribution >= 4 is 21.7 Å². The molecular formula is C19H21NO5S.